The first-order valence-corrected chi connectivity index (χ1v) is 7.01. The maximum absolute atomic E-state index is 12.6. The third kappa shape index (κ3) is 2.34. The van der Waals surface area contributed by atoms with Crippen LogP contribution in [0.15, 0.2) is 12.3 Å². The molecule has 1 aliphatic carbocycles. The summed E-state index contributed by atoms with van der Waals surface area (Å²) in [6.45, 7) is 3.17. The summed E-state index contributed by atoms with van der Waals surface area (Å²) in [7, 11) is 0. The Balaban J connectivity index is 1.80. The summed E-state index contributed by atoms with van der Waals surface area (Å²) in [6, 6.07) is 2.19. The van der Waals surface area contributed by atoms with E-state index in [-0.39, 0.29) is 11.8 Å². The number of carbonyl (C=O) groups is 1. The number of aromatic nitrogens is 1. The summed E-state index contributed by atoms with van der Waals surface area (Å²) < 4.78 is 2.00. The van der Waals surface area contributed by atoms with Crippen LogP contribution in [0.3, 0.4) is 0 Å². The maximum atomic E-state index is 12.6. The molecule has 1 aromatic rings. The molecule has 0 bridgehead atoms. The van der Waals surface area contributed by atoms with E-state index in [0.717, 1.165) is 19.3 Å². The van der Waals surface area contributed by atoms with E-state index in [1.54, 1.807) is 11.0 Å². The largest absolute Gasteiger partial charge is 0.397 e. The van der Waals surface area contributed by atoms with Gasteiger partial charge in [0, 0.05) is 25.3 Å². The Morgan fingerprint density at radius 3 is 2.79 bits per heavy atom. The number of anilines is 1. The molecule has 5 nitrogen and oxygen atoms in total. The zero-order chi connectivity index (χ0) is 13.6. The second-order valence-corrected chi connectivity index (χ2v) is 5.88. The predicted octanol–water partition coefficient (Wildman–Crippen LogP) is 1.25. The number of carbonyl (C=O) groups excluding carboxylic acids is 1. The van der Waals surface area contributed by atoms with E-state index in [9.17, 15) is 9.90 Å². The molecule has 0 radical (unpaired) electrons. The van der Waals surface area contributed by atoms with Gasteiger partial charge in [-0.25, -0.2) is 0 Å². The topological polar surface area (TPSA) is 71.5 Å². The lowest BCUT2D eigenvalue weighted by Gasteiger charge is -2.34. The van der Waals surface area contributed by atoms with Crippen molar-refractivity contribution in [3.63, 3.8) is 0 Å². The van der Waals surface area contributed by atoms with Crippen molar-refractivity contribution in [1.82, 2.24) is 9.47 Å². The fraction of sp³-hybridized carbons (Fsp3) is 0.643. The Kier molecular flexibility index (Phi) is 3.01. The van der Waals surface area contributed by atoms with E-state index < -0.39 is 6.10 Å². The van der Waals surface area contributed by atoms with Gasteiger partial charge in [-0.15, -0.1) is 0 Å². The third-order valence-corrected chi connectivity index (χ3v) is 4.23. The third-order valence-electron chi connectivity index (χ3n) is 4.23. The fourth-order valence-corrected chi connectivity index (χ4v) is 2.72. The Morgan fingerprint density at radius 1 is 1.42 bits per heavy atom. The Hall–Kier alpha value is -1.49. The number of aliphatic hydroxyl groups excluding tert-OH is 1. The monoisotopic (exact) mass is 263 g/mol. The van der Waals surface area contributed by atoms with Crippen LogP contribution in [0, 0.1) is 5.92 Å². The summed E-state index contributed by atoms with van der Waals surface area (Å²) in [5.41, 5.74) is 7.13. The lowest BCUT2D eigenvalue weighted by Crippen LogP contribution is -2.46. The van der Waals surface area contributed by atoms with Gasteiger partial charge in [0.2, 0.25) is 0 Å². The quantitative estimate of drug-likeness (QED) is 0.843. The zero-order valence-corrected chi connectivity index (χ0v) is 11.2. The number of rotatable bonds is 2. The van der Waals surface area contributed by atoms with Crippen molar-refractivity contribution in [3.8, 4) is 0 Å². The van der Waals surface area contributed by atoms with Gasteiger partial charge in [-0.05, 0) is 31.2 Å². The van der Waals surface area contributed by atoms with Crippen LogP contribution in [0.25, 0.3) is 0 Å². The lowest BCUT2D eigenvalue weighted by molar-refractivity contribution is 0.0242. The number of hydrogen-bond donors (Lipinski definition) is 2. The summed E-state index contributed by atoms with van der Waals surface area (Å²) in [5, 5.41) is 9.91. The van der Waals surface area contributed by atoms with Gasteiger partial charge < -0.3 is 20.3 Å². The molecule has 19 heavy (non-hydrogen) atoms. The molecular weight excluding hydrogens is 242 g/mol. The molecule has 2 heterocycles. The minimum atomic E-state index is -0.417. The first-order chi connectivity index (χ1) is 9.06. The molecule has 2 fully saturated rings. The van der Waals surface area contributed by atoms with Gasteiger partial charge in [-0.3, -0.25) is 4.79 Å². The smallest absolute Gasteiger partial charge is 0.270 e. The molecule has 1 aromatic heterocycles. The van der Waals surface area contributed by atoms with Crippen LogP contribution in [-0.2, 0) is 0 Å². The first kappa shape index (κ1) is 12.5. The van der Waals surface area contributed by atoms with Crippen LogP contribution >= 0.6 is 0 Å². The van der Waals surface area contributed by atoms with E-state index in [2.05, 4.69) is 0 Å². The summed E-state index contributed by atoms with van der Waals surface area (Å²) in [4.78, 5) is 14.3. The van der Waals surface area contributed by atoms with Crippen LogP contribution in [0.2, 0.25) is 0 Å². The van der Waals surface area contributed by atoms with Crippen LogP contribution < -0.4 is 5.73 Å². The number of nitrogen functional groups attached to an aromatic ring is 1. The van der Waals surface area contributed by atoms with Crippen molar-refractivity contribution in [2.45, 2.75) is 38.3 Å². The van der Waals surface area contributed by atoms with E-state index in [1.165, 1.54) is 0 Å². The standard InChI is InChI=1S/C14H21N3O2/c1-9-4-5-16(8-13(9)18)14(19)12-6-10(15)7-17(12)11-2-3-11/h6-7,9,11,13,18H,2-5,8,15H2,1H3. The molecule has 3 N–H and O–H groups in total. The van der Waals surface area contributed by atoms with Gasteiger partial charge in [0.15, 0.2) is 0 Å². The van der Waals surface area contributed by atoms with Crippen LogP contribution in [0.1, 0.15) is 42.7 Å². The second-order valence-electron chi connectivity index (χ2n) is 5.88. The van der Waals surface area contributed by atoms with E-state index in [4.69, 9.17) is 5.73 Å². The van der Waals surface area contributed by atoms with Crippen molar-refractivity contribution in [1.29, 1.82) is 0 Å². The molecule has 104 valence electrons. The van der Waals surface area contributed by atoms with E-state index in [0.29, 0.717) is 30.5 Å². The average Bonchev–Trinajstić information content (AvgIpc) is 3.15. The molecule has 1 amide bonds. The Bertz CT molecular complexity index is 493. The highest BCUT2D eigenvalue weighted by molar-refractivity contribution is 5.94. The van der Waals surface area contributed by atoms with Crippen LogP contribution in [0.4, 0.5) is 5.69 Å². The van der Waals surface area contributed by atoms with Crippen molar-refractivity contribution < 1.29 is 9.90 Å². The molecule has 1 saturated heterocycles. The van der Waals surface area contributed by atoms with Gasteiger partial charge in [0.1, 0.15) is 5.69 Å². The number of nitrogens with zero attached hydrogens (tertiary/aromatic N) is 2. The highest BCUT2D eigenvalue weighted by atomic mass is 16.3. The Morgan fingerprint density at radius 2 is 2.16 bits per heavy atom. The number of β-amino-alcohol motifs (C(OH)–C–C–N with tert-alkyl or cyclic N) is 1. The van der Waals surface area contributed by atoms with Crippen molar-refractivity contribution in [3.05, 3.63) is 18.0 Å². The molecule has 3 rings (SSSR count). The van der Waals surface area contributed by atoms with E-state index >= 15 is 0 Å². The molecular formula is C14H21N3O2. The normalized spacial score (nSPS) is 27.6. The average molecular weight is 263 g/mol. The molecule has 1 aliphatic heterocycles. The highest BCUT2D eigenvalue weighted by Crippen LogP contribution is 2.37. The lowest BCUT2D eigenvalue weighted by atomic mass is 9.96. The number of nitrogens with two attached hydrogens (primary N) is 1. The summed E-state index contributed by atoms with van der Waals surface area (Å²) in [5.74, 6) is 0.263. The number of likely N-dealkylation sites (tertiary alicyclic amines) is 1. The number of piperidine rings is 1. The molecule has 2 aliphatic rings. The predicted molar refractivity (Wildman–Crippen MR) is 72.8 cm³/mol. The van der Waals surface area contributed by atoms with Gasteiger partial charge in [-0.1, -0.05) is 6.92 Å². The molecule has 0 aromatic carbocycles. The fourth-order valence-electron chi connectivity index (χ4n) is 2.72. The minimum absolute atomic E-state index is 0.00505. The Labute approximate surface area is 113 Å². The first-order valence-electron chi connectivity index (χ1n) is 7.01. The van der Waals surface area contributed by atoms with E-state index in [1.807, 2.05) is 17.7 Å². The van der Waals surface area contributed by atoms with Gasteiger partial charge in [0.25, 0.3) is 5.91 Å². The van der Waals surface area contributed by atoms with Gasteiger partial charge in [0.05, 0.1) is 11.8 Å². The molecule has 2 atom stereocenters. The number of hydrogen-bond acceptors (Lipinski definition) is 3. The van der Waals surface area contributed by atoms with Crippen molar-refractivity contribution >= 4 is 11.6 Å². The van der Waals surface area contributed by atoms with Crippen molar-refractivity contribution in [2.24, 2.45) is 5.92 Å². The molecule has 1 saturated carbocycles. The molecule has 0 spiro atoms. The SMILES string of the molecule is CC1CCN(C(=O)c2cc(N)cn2C2CC2)CC1O. The molecule has 5 heteroatoms. The van der Waals surface area contributed by atoms with Gasteiger partial charge >= 0.3 is 0 Å². The van der Waals surface area contributed by atoms with Crippen molar-refractivity contribution in [2.75, 3.05) is 18.8 Å². The maximum Gasteiger partial charge on any atom is 0.270 e. The van der Waals surface area contributed by atoms with Crippen LogP contribution in [0.5, 0.6) is 0 Å². The zero-order valence-electron chi connectivity index (χ0n) is 11.2. The molecule has 2 unspecified atom stereocenters. The number of amides is 1. The highest BCUT2D eigenvalue weighted by Gasteiger charge is 2.32. The second kappa shape index (κ2) is 4.56. The summed E-state index contributed by atoms with van der Waals surface area (Å²) in [6.07, 6.45) is 4.53. The van der Waals surface area contributed by atoms with Gasteiger partial charge in [-0.2, -0.15) is 0 Å². The number of aliphatic hydroxyl groups is 1. The van der Waals surface area contributed by atoms with Crippen LogP contribution in [-0.4, -0.2) is 39.7 Å². The minimum Gasteiger partial charge on any atom is -0.397 e. The summed E-state index contributed by atoms with van der Waals surface area (Å²) >= 11 is 0.